The molecule has 0 unspecified atom stereocenters. The number of nitrogens with zero attached hydrogens (tertiary/aromatic N) is 2. The van der Waals surface area contributed by atoms with Crippen LogP contribution in [0.25, 0.3) is 0 Å². The summed E-state index contributed by atoms with van der Waals surface area (Å²) in [5.74, 6) is 0. The van der Waals surface area contributed by atoms with Gasteiger partial charge >= 0.3 is 11.8 Å². The molecule has 1 heterocycles. The van der Waals surface area contributed by atoms with E-state index in [9.17, 15) is 14.4 Å². The molecule has 0 aromatic carbocycles. The average molecular weight is 170 g/mol. The Morgan fingerprint density at radius 2 is 2.08 bits per heavy atom. The summed E-state index contributed by atoms with van der Waals surface area (Å²) >= 11 is 0. The van der Waals surface area contributed by atoms with Gasteiger partial charge in [0.2, 0.25) is 0 Å². The average Bonchev–Trinajstić information content (AvgIpc) is 1.97. The SMILES string of the molecule is Cn1ccc(=O)n(C(=O)O)c1=O. The zero-order chi connectivity index (χ0) is 9.30. The fourth-order valence-corrected chi connectivity index (χ4v) is 0.742. The molecule has 1 aromatic rings. The van der Waals surface area contributed by atoms with Crippen molar-refractivity contribution in [3.05, 3.63) is 33.1 Å². The smallest absolute Gasteiger partial charge is 0.422 e. The Labute approximate surface area is 66.3 Å². The van der Waals surface area contributed by atoms with E-state index in [2.05, 4.69) is 0 Å². The maximum Gasteiger partial charge on any atom is 0.422 e. The molecule has 1 rings (SSSR count). The molecule has 0 saturated carbocycles. The quantitative estimate of drug-likeness (QED) is 0.545. The van der Waals surface area contributed by atoms with Crippen LogP contribution >= 0.6 is 0 Å². The predicted molar refractivity (Wildman–Crippen MR) is 39.4 cm³/mol. The fourth-order valence-electron chi connectivity index (χ4n) is 0.742. The van der Waals surface area contributed by atoms with E-state index in [1.54, 1.807) is 0 Å². The number of aromatic nitrogens is 2. The lowest BCUT2D eigenvalue weighted by Gasteiger charge is -1.98. The molecule has 0 fully saturated rings. The van der Waals surface area contributed by atoms with Crippen LogP contribution in [0.2, 0.25) is 0 Å². The molecule has 6 heteroatoms. The van der Waals surface area contributed by atoms with Crippen molar-refractivity contribution in [2.24, 2.45) is 7.05 Å². The van der Waals surface area contributed by atoms with Gasteiger partial charge in [-0.15, -0.1) is 0 Å². The van der Waals surface area contributed by atoms with Gasteiger partial charge in [-0.1, -0.05) is 0 Å². The molecule has 0 spiro atoms. The first-order valence-corrected chi connectivity index (χ1v) is 3.06. The third-order valence-corrected chi connectivity index (χ3v) is 1.35. The summed E-state index contributed by atoms with van der Waals surface area (Å²) in [6, 6.07) is 1.01. The van der Waals surface area contributed by atoms with Crippen molar-refractivity contribution in [3.8, 4) is 0 Å². The fraction of sp³-hybridized carbons (Fsp3) is 0.167. The van der Waals surface area contributed by atoms with Crippen molar-refractivity contribution in [2.75, 3.05) is 0 Å². The van der Waals surface area contributed by atoms with Gasteiger partial charge in [-0.2, -0.15) is 4.57 Å². The zero-order valence-electron chi connectivity index (χ0n) is 6.22. The van der Waals surface area contributed by atoms with Gasteiger partial charge in [0, 0.05) is 19.3 Å². The lowest BCUT2D eigenvalue weighted by Crippen LogP contribution is -2.41. The normalized spacial score (nSPS) is 9.75. The monoisotopic (exact) mass is 170 g/mol. The maximum atomic E-state index is 11.0. The van der Waals surface area contributed by atoms with Crippen LogP contribution in [0.5, 0.6) is 0 Å². The Hall–Kier alpha value is -1.85. The van der Waals surface area contributed by atoms with Gasteiger partial charge in [0.25, 0.3) is 5.56 Å². The van der Waals surface area contributed by atoms with Crippen LogP contribution in [0.4, 0.5) is 4.79 Å². The summed E-state index contributed by atoms with van der Waals surface area (Å²) in [5.41, 5.74) is -1.71. The van der Waals surface area contributed by atoms with E-state index in [1.807, 2.05) is 0 Å². The van der Waals surface area contributed by atoms with E-state index in [0.717, 1.165) is 10.6 Å². The first-order valence-electron chi connectivity index (χ1n) is 3.06. The van der Waals surface area contributed by atoms with E-state index < -0.39 is 17.3 Å². The predicted octanol–water partition coefficient (Wildman–Crippen LogP) is -0.927. The molecule has 0 radical (unpaired) electrons. The van der Waals surface area contributed by atoms with Crippen molar-refractivity contribution < 1.29 is 9.90 Å². The van der Waals surface area contributed by atoms with Crippen LogP contribution in [-0.2, 0) is 7.05 Å². The van der Waals surface area contributed by atoms with Crippen molar-refractivity contribution in [3.63, 3.8) is 0 Å². The van der Waals surface area contributed by atoms with Crippen molar-refractivity contribution in [1.82, 2.24) is 9.13 Å². The second-order valence-corrected chi connectivity index (χ2v) is 2.17. The molecule has 0 atom stereocenters. The van der Waals surface area contributed by atoms with Crippen LogP contribution in [0.1, 0.15) is 0 Å². The van der Waals surface area contributed by atoms with E-state index in [4.69, 9.17) is 5.11 Å². The number of hydrogen-bond acceptors (Lipinski definition) is 3. The Morgan fingerprint density at radius 1 is 1.50 bits per heavy atom. The number of hydrogen-bond donors (Lipinski definition) is 1. The van der Waals surface area contributed by atoms with Crippen LogP contribution in [-0.4, -0.2) is 20.3 Å². The van der Waals surface area contributed by atoms with E-state index >= 15 is 0 Å². The summed E-state index contributed by atoms with van der Waals surface area (Å²) in [6.45, 7) is 0. The largest absolute Gasteiger partial charge is 0.464 e. The number of carboxylic acid groups (broad SMARTS) is 1. The van der Waals surface area contributed by atoms with Crippen LogP contribution in [0.15, 0.2) is 21.9 Å². The molecule has 6 nitrogen and oxygen atoms in total. The first-order chi connectivity index (χ1) is 5.54. The molecule has 0 aliphatic heterocycles. The van der Waals surface area contributed by atoms with E-state index in [-0.39, 0.29) is 4.57 Å². The van der Waals surface area contributed by atoms with Gasteiger partial charge in [0.1, 0.15) is 0 Å². The van der Waals surface area contributed by atoms with Gasteiger partial charge < -0.3 is 9.67 Å². The van der Waals surface area contributed by atoms with Gasteiger partial charge in [-0.05, 0) is 0 Å². The molecule has 0 aliphatic carbocycles. The topological polar surface area (TPSA) is 81.3 Å². The van der Waals surface area contributed by atoms with Gasteiger partial charge in [0.15, 0.2) is 0 Å². The molecule has 1 N–H and O–H groups in total. The third kappa shape index (κ3) is 1.14. The maximum absolute atomic E-state index is 11.0. The van der Waals surface area contributed by atoms with Gasteiger partial charge in [-0.25, -0.2) is 9.59 Å². The highest BCUT2D eigenvalue weighted by molar-refractivity contribution is 5.67. The van der Waals surface area contributed by atoms with Gasteiger partial charge in [0.05, 0.1) is 0 Å². The zero-order valence-corrected chi connectivity index (χ0v) is 6.22. The Kier molecular flexibility index (Phi) is 1.82. The summed E-state index contributed by atoms with van der Waals surface area (Å²) in [5, 5.41) is 8.42. The molecule has 1 aromatic heterocycles. The second kappa shape index (κ2) is 2.65. The Morgan fingerprint density at radius 3 is 2.50 bits per heavy atom. The summed E-state index contributed by atoms with van der Waals surface area (Å²) in [7, 11) is 1.36. The molecule has 0 aliphatic rings. The van der Waals surface area contributed by atoms with Crippen LogP contribution < -0.4 is 11.2 Å². The Bertz CT molecular complexity index is 428. The molecule has 0 amide bonds. The number of aryl methyl sites for hydroxylation is 1. The highest BCUT2D eigenvalue weighted by atomic mass is 16.4. The summed E-state index contributed by atoms with van der Waals surface area (Å²) in [6.07, 6.45) is -0.356. The minimum atomic E-state index is -1.57. The molecule has 0 bridgehead atoms. The van der Waals surface area contributed by atoms with Crippen LogP contribution in [0.3, 0.4) is 0 Å². The summed E-state index contributed by atoms with van der Waals surface area (Å²) < 4.78 is 1.15. The molecular weight excluding hydrogens is 164 g/mol. The van der Waals surface area contributed by atoms with Crippen LogP contribution in [0, 0.1) is 0 Å². The number of rotatable bonds is 0. The van der Waals surface area contributed by atoms with Crippen molar-refractivity contribution in [1.29, 1.82) is 0 Å². The van der Waals surface area contributed by atoms with Crippen molar-refractivity contribution in [2.45, 2.75) is 0 Å². The molecular formula is C6H6N2O4. The van der Waals surface area contributed by atoms with E-state index in [0.29, 0.717) is 0 Å². The first kappa shape index (κ1) is 8.25. The summed E-state index contributed by atoms with van der Waals surface area (Å²) in [4.78, 5) is 32.1. The van der Waals surface area contributed by atoms with Crippen molar-refractivity contribution >= 4 is 6.09 Å². The lowest BCUT2D eigenvalue weighted by molar-refractivity contribution is 0.193. The van der Waals surface area contributed by atoms with E-state index in [1.165, 1.54) is 13.2 Å². The highest BCUT2D eigenvalue weighted by Crippen LogP contribution is 1.72. The minimum absolute atomic E-state index is 0.139. The van der Waals surface area contributed by atoms with Gasteiger partial charge in [-0.3, -0.25) is 4.79 Å². The molecule has 0 saturated heterocycles. The Balaban J connectivity index is 3.67. The standard InChI is InChI=1S/C6H6N2O4/c1-7-3-2-4(9)8(5(7)10)6(11)12/h2-3H,1H3,(H,11,12). The molecule has 64 valence electrons. The second-order valence-electron chi connectivity index (χ2n) is 2.17. The highest BCUT2D eigenvalue weighted by Gasteiger charge is 2.08. The third-order valence-electron chi connectivity index (χ3n) is 1.35. The minimum Gasteiger partial charge on any atom is -0.464 e. The lowest BCUT2D eigenvalue weighted by atomic mass is 10.6. The number of carbonyl (C=O) groups is 1. The molecule has 12 heavy (non-hydrogen) atoms.